The molecule has 2 saturated heterocycles. The van der Waals surface area contributed by atoms with E-state index < -0.39 is 5.97 Å². The molecule has 2 aliphatic heterocycles. The Kier molecular flexibility index (Phi) is 5.97. The molecule has 6 nitrogen and oxygen atoms in total. The Morgan fingerprint density at radius 3 is 2.80 bits per heavy atom. The van der Waals surface area contributed by atoms with E-state index in [9.17, 15) is 9.59 Å². The maximum Gasteiger partial charge on any atom is 0.317 e. The molecule has 2 fully saturated rings. The Balaban J connectivity index is 1.80. The van der Waals surface area contributed by atoms with Crippen molar-refractivity contribution in [1.82, 2.24) is 10.2 Å². The highest BCUT2D eigenvalue weighted by Crippen LogP contribution is 2.19. The molecule has 0 aromatic carbocycles. The van der Waals surface area contributed by atoms with Crippen LogP contribution in [-0.4, -0.2) is 65.9 Å². The SMILES string of the molecule is O=C(O)CC1CSCCN1C(=O)NCC1CCOCC1. The Hall–Kier alpha value is -0.950. The molecule has 0 aliphatic carbocycles. The molecule has 1 unspecified atom stereocenters. The third-order valence-electron chi connectivity index (χ3n) is 3.78. The van der Waals surface area contributed by atoms with Gasteiger partial charge in [0.05, 0.1) is 12.5 Å². The number of aliphatic carboxylic acids is 1. The highest BCUT2D eigenvalue weighted by atomic mass is 32.2. The molecule has 2 amide bonds. The van der Waals surface area contributed by atoms with Crippen LogP contribution in [0.2, 0.25) is 0 Å². The summed E-state index contributed by atoms with van der Waals surface area (Å²) in [5.74, 6) is 1.21. The van der Waals surface area contributed by atoms with Crippen LogP contribution in [0.3, 0.4) is 0 Å². The standard InChI is InChI=1S/C13H22N2O4S/c16-12(17)7-11-9-20-6-3-15(11)13(18)14-8-10-1-4-19-5-2-10/h10-11H,1-9H2,(H,14,18)(H,16,17). The predicted octanol–water partition coefficient (Wildman–Crippen LogP) is 1.01. The number of nitrogens with zero attached hydrogens (tertiary/aromatic N) is 1. The number of carboxylic acids is 1. The molecule has 2 aliphatic rings. The molecule has 2 heterocycles. The van der Waals surface area contributed by atoms with Gasteiger partial charge in [0.25, 0.3) is 0 Å². The topological polar surface area (TPSA) is 78.9 Å². The van der Waals surface area contributed by atoms with E-state index >= 15 is 0 Å². The average Bonchev–Trinajstić information content (AvgIpc) is 2.46. The zero-order chi connectivity index (χ0) is 14.4. The monoisotopic (exact) mass is 302 g/mol. The number of rotatable bonds is 4. The first-order valence-electron chi connectivity index (χ1n) is 7.08. The second-order valence-electron chi connectivity index (χ2n) is 5.26. The molecular weight excluding hydrogens is 280 g/mol. The van der Waals surface area contributed by atoms with E-state index in [-0.39, 0.29) is 18.5 Å². The van der Waals surface area contributed by atoms with Crippen molar-refractivity contribution in [2.24, 2.45) is 5.92 Å². The maximum absolute atomic E-state index is 12.2. The summed E-state index contributed by atoms with van der Waals surface area (Å²) >= 11 is 1.71. The molecule has 7 heteroatoms. The minimum Gasteiger partial charge on any atom is -0.481 e. The van der Waals surface area contributed by atoms with Crippen molar-refractivity contribution in [3.8, 4) is 0 Å². The van der Waals surface area contributed by atoms with Gasteiger partial charge in [-0.25, -0.2) is 4.79 Å². The van der Waals surface area contributed by atoms with Gasteiger partial charge in [-0.2, -0.15) is 11.8 Å². The molecular formula is C13H22N2O4S. The molecule has 2 N–H and O–H groups in total. The smallest absolute Gasteiger partial charge is 0.317 e. The molecule has 0 spiro atoms. The third kappa shape index (κ3) is 4.56. The van der Waals surface area contributed by atoms with E-state index in [0.29, 0.717) is 24.8 Å². The lowest BCUT2D eigenvalue weighted by Gasteiger charge is -2.35. The molecule has 0 radical (unpaired) electrons. The van der Waals surface area contributed by atoms with E-state index in [4.69, 9.17) is 9.84 Å². The van der Waals surface area contributed by atoms with Crippen LogP contribution < -0.4 is 5.32 Å². The first kappa shape index (κ1) is 15.4. The van der Waals surface area contributed by atoms with Gasteiger partial charge in [-0.1, -0.05) is 0 Å². The second kappa shape index (κ2) is 7.73. The van der Waals surface area contributed by atoms with E-state index in [2.05, 4.69) is 5.32 Å². The number of hydrogen-bond acceptors (Lipinski definition) is 4. The van der Waals surface area contributed by atoms with Gasteiger partial charge < -0.3 is 20.1 Å². The summed E-state index contributed by atoms with van der Waals surface area (Å²) in [6, 6.07) is -0.316. The van der Waals surface area contributed by atoms with Crippen molar-refractivity contribution < 1.29 is 19.4 Å². The highest BCUT2D eigenvalue weighted by molar-refractivity contribution is 7.99. The fraction of sp³-hybridized carbons (Fsp3) is 0.846. The summed E-state index contributed by atoms with van der Waals surface area (Å²) in [5, 5.41) is 11.9. The second-order valence-corrected chi connectivity index (χ2v) is 6.41. The lowest BCUT2D eigenvalue weighted by molar-refractivity contribution is -0.138. The number of ether oxygens (including phenoxy) is 1. The van der Waals surface area contributed by atoms with Gasteiger partial charge in [0, 0.05) is 37.8 Å². The number of urea groups is 1. The average molecular weight is 302 g/mol. The molecule has 20 heavy (non-hydrogen) atoms. The Bertz CT molecular complexity index is 347. The summed E-state index contributed by atoms with van der Waals surface area (Å²) in [4.78, 5) is 24.8. The van der Waals surface area contributed by atoms with Gasteiger partial charge in [0.1, 0.15) is 0 Å². The fourth-order valence-electron chi connectivity index (χ4n) is 2.58. The van der Waals surface area contributed by atoms with Gasteiger partial charge in [-0.05, 0) is 18.8 Å². The Morgan fingerprint density at radius 2 is 2.10 bits per heavy atom. The van der Waals surface area contributed by atoms with Crippen molar-refractivity contribution in [2.75, 3.05) is 37.8 Å². The zero-order valence-corrected chi connectivity index (χ0v) is 12.4. The number of thioether (sulfide) groups is 1. The minimum atomic E-state index is -0.847. The lowest BCUT2D eigenvalue weighted by atomic mass is 10.0. The molecule has 1 atom stereocenters. The summed E-state index contributed by atoms with van der Waals surface area (Å²) in [6.07, 6.45) is 1.99. The number of carbonyl (C=O) groups excluding carboxylic acids is 1. The Morgan fingerprint density at radius 1 is 1.35 bits per heavy atom. The Labute approximate surface area is 123 Å². The minimum absolute atomic E-state index is 0.0255. The summed E-state index contributed by atoms with van der Waals surface area (Å²) < 4.78 is 5.29. The number of nitrogens with one attached hydrogen (secondary N) is 1. The van der Waals surface area contributed by atoms with Crippen LogP contribution in [0.4, 0.5) is 4.79 Å². The zero-order valence-electron chi connectivity index (χ0n) is 11.5. The molecule has 0 saturated carbocycles. The van der Waals surface area contributed by atoms with Crippen molar-refractivity contribution in [3.63, 3.8) is 0 Å². The third-order valence-corrected chi connectivity index (χ3v) is 4.87. The summed E-state index contributed by atoms with van der Waals surface area (Å²) in [6.45, 7) is 2.82. The van der Waals surface area contributed by atoms with Crippen LogP contribution in [-0.2, 0) is 9.53 Å². The predicted molar refractivity (Wildman–Crippen MR) is 77.0 cm³/mol. The molecule has 114 valence electrons. The van der Waals surface area contributed by atoms with Crippen LogP contribution >= 0.6 is 11.8 Å². The van der Waals surface area contributed by atoms with Gasteiger partial charge in [-0.15, -0.1) is 0 Å². The molecule has 2 rings (SSSR count). The summed E-state index contributed by atoms with van der Waals surface area (Å²) in [7, 11) is 0. The number of carbonyl (C=O) groups is 2. The first-order chi connectivity index (χ1) is 9.66. The number of hydrogen-bond donors (Lipinski definition) is 2. The molecule has 0 aromatic rings. The highest BCUT2D eigenvalue weighted by Gasteiger charge is 2.29. The van der Waals surface area contributed by atoms with Gasteiger partial charge in [0.15, 0.2) is 0 Å². The lowest BCUT2D eigenvalue weighted by Crippen LogP contribution is -2.52. The van der Waals surface area contributed by atoms with Crippen LogP contribution in [0.25, 0.3) is 0 Å². The van der Waals surface area contributed by atoms with Crippen molar-refractivity contribution in [3.05, 3.63) is 0 Å². The van der Waals surface area contributed by atoms with Gasteiger partial charge >= 0.3 is 12.0 Å². The van der Waals surface area contributed by atoms with E-state index in [1.54, 1.807) is 16.7 Å². The molecule has 0 aromatic heterocycles. The van der Waals surface area contributed by atoms with E-state index in [0.717, 1.165) is 31.8 Å². The van der Waals surface area contributed by atoms with Crippen LogP contribution in [0, 0.1) is 5.92 Å². The van der Waals surface area contributed by atoms with Gasteiger partial charge in [-0.3, -0.25) is 4.79 Å². The van der Waals surface area contributed by atoms with E-state index in [1.165, 1.54) is 0 Å². The van der Waals surface area contributed by atoms with E-state index in [1.807, 2.05) is 0 Å². The largest absolute Gasteiger partial charge is 0.481 e. The fourth-order valence-corrected chi connectivity index (χ4v) is 3.64. The summed E-state index contributed by atoms with van der Waals surface area (Å²) in [5.41, 5.74) is 0. The quantitative estimate of drug-likeness (QED) is 0.810. The maximum atomic E-state index is 12.2. The normalized spacial score (nSPS) is 24.4. The van der Waals surface area contributed by atoms with Crippen LogP contribution in [0.1, 0.15) is 19.3 Å². The first-order valence-corrected chi connectivity index (χ1v) is 8.24. The van der Waals surface area contributed by atoms with Crippen LogP contribution in [0.15, 0.2) is 0 Å². The van der Waals surface area contributed by atoms with Crippen LogP contribution in [0.5, 0.6) is 0 Å². The van der Waals surface area contributed by atoms with Crippen molar-refractivity contribution in [1.29, 1.82) is 0 Å². The molecule has 0 bridgehead atoms. The number of carboxylic acid groups (broad SMARTS) is 1. The number of amides is 2. The van der Waals surface area contributed by atoms with Gasteiger partial charge in [0.2, 0.25) is 0 Å². The van der Waals surface area contributed by atoms with Crippen molar-refractivity contribution >= 4 is 23.8 Å². The van der Waals surface area contributed by atoms with Crippen molar-refractivity contribution in [2.45, 2.75) is 25.3 Å².